The molecule has 2 aliphatic heterocycles. The van der Waals surface area contributed by atoms with Crippen LogP contribution in [0.5, 0.6) is 0 Å². The zero-order valence-electron chi connectivity index (χ0n) is 19.7. The van der Waals surface area contributed by atoms with Crippen molar-refractivity contribution in [1.29, 1.82) is 0 Å². The largest absolute Gasteiger partial charge is 2.00 e. The van der Waals surface area contributed by atoms with Crippen LogP contribution in [0.1, 0.15) is 53.4 Å². The molecule has 0 spiro atoms. The van der Waals surface area contributed by atoms with Crippen molar-refractivity contribution in [2.24, 2.45) is 20.6 Å². The van der Waals surface area contributed by atoms with E-state index in [0.717, 1.165) is 52.4 Å². The molecule has 0 aromatic carbocycles. The van der Waals surface area contributed by atoms with Gasteiger partial charge in [0.1, 0.15) is 22.8 Å². The number of ether oxygens (including phenoxy) is 1. The van der Waals surface area contributed by atoms with E-state index in [9.17, 15) is 0 Å². The summed E-state index contributed by atoms with van der Waals surface area (Å²) in [6, 6.07) is 0. The van der Waals surface area contributed by atoms with Crippen LogP contribution < -0.4 is 0 Å². The molecular formula is C20H40CoN6O5. The van der Waals surface area contributed by atoms with Gasteiger partial charge in [-0.3, -0.25) is 0 Å². The summed E-state index contributed by atoms with van der Waals surface area (Å²) in [7, 11) is 0. The summed E-state index contributed by atoms with van der Waals surface area (Å²) >= 11 is 0. The Balaban J connectivity index is -0.000000350. The summed E-state index contributed by atoms with van der Waals surface area (Å²) in [6.45, 7) is 17.3. The fourth-order valence-corrected chi connectivity index (χ4v) is 2.07. The SMILES string of the molecule is C1CC[N-]CC1.CC(=N\O)/C(C)=N/O.CC(=N\O)/C(C)=N/O.[CH2-]CCN1CCOCC1.[Co+2]. The van der Waals surface area contributed by atoms with Crippen LogP contribution in [0.15, 0.2) is 20.6 Å². The monoisotopic (exact) mass is 503 g/mol. The summed E-state index contributed by atoms with van der Waals surface area (Å²) in [4.78, 5) is 2.39. The van der Waals surface area contributed by atoms with Gasteiger partial charge in [-0.05, 0) is 34.2 Å². The van der Waals surface area contributed by atoms with E-state index < -0.39 is 0 Å². The van der Waals surface area contributed by atoms with Gasteiger partial charge in [-0.1, -0.05) is 39.9 Å². The third-order valence-corrected chi connectivity index (χ3v) is 4.36. The van der Waals surface area contributed by atoms with Gasteiger partial charge in [0.25, 0.3) is 0 Å². The second-order valence-corrected chi connectivity index (χ2v) is 6.78. The fraction of sp³-hybridized carbons (Fsp3) is 0.750. The van der Waals surface area contributed by atoms with E-state index in [1.54, 1.807) is 0 Å². The predicted octanol–water partition coefficient (Wildman–Crippen LogP) is 3.46. The molecule has 0 aliphatic carbocycles. The first kappa shape index (κ1) is 34.9. The Morgan fingerprint density at radius 2 is 1.16 bits per heavy atom. The molecule has 0 atom stereocenters. The van der Waals surface area contributed by atoms with Crippen molar-refractivity contribution in [3.05, 3.63) is 12.2 Å². The summed E-state index contributed by atoms with van der Waals surface area (Å²) in [5.41, 5.74) is 1.25. The molecule has 2 aliphatic rings. The maximum absolute atomic E-state index is 8.03. The first-order valence-corrected chi connectivity index (χ1v) is 10.4. The van der Waals surface area contributed by atoms with E-state index in [1.807, 2.05) is 0 Å². The van der Waals surface area contributed by atoms with Crippen molar-refractivity contribution in [2.45, 2.75) is 53.4 Å². The topological polar surface area (TPSA) is 157 Å². The molecule has 11 nitrogen and oxygen atoms in total. The van der Waals surface area contributed by atoms with Crippen LogP contribution in [-0.4, -0.2) is 94.5 Å². The van der Waals surface area contributed by atoms with Crippen molar-refractivity contribution < 1.29 is 42.3 Å². The molecule has 2 rings (SSSR count). The second kappa shape index (κ2) is 25.5. The van der Waals surface area contributed by atoms with Gasteiger partial charge in [-0.25, -0.2) is 0 Å². The molecule has 0 unspecified atom stereocenters. The molecule has 1 radical (unpaired) electrons. The zero-order chi connectivity index (χ0) is 23.9. The van der Waals surface area contributed by atoms with Crippen molar-refractivity contribution in [1.82, 2.24) is 4.90 Å². The summed E-state index contributed by atoms with van der Waals surface area (Å²) in [6.07, 6.45) is 5.09. The predicted molar refractivity (Wildman–Crippen MR) is 124 cm³/mol. The summed E-state index contributed by atoms with van der Waals surface area (Å²) in [5, 5.41) is 47.4. The average molecular weight is 504 g/mol. The van der Waals surface area contributed by atoms with Crippen LogP contribution in [0.2, 0.25) is 0 Å². The quantitative estimate of drug-likeness (QED) is 0.199. The smallest absolute Gasteiger partial charge is 0.662 e. The van der Waals surface area contributed by atoms with Crippen LogP contribution in [-0.2, 0) is 21.5 Å². The average Bonchev–Trinajstić information content (AvgIpc) is 2.85. The Morgan fingerprint density at radius 3 is 1.38 bits per heavy atom. The maximum atomic E-state index is 8.03. The number of nitrogens with zero attached hydrogens (tertiary/aromatic N) is 6. The third-order valence-electron chi connectivity index (χ3n) is 4.36. The molecule has 32 heavy (non-hydrogen) atoms. The van der Waals surface area contributed by atoms with Gasteiger partial charge >= 0.3 is 16.8 Å². The zero-order valence-corrected chi connectivity index (χ0v) is 20.7. The number of oxime groups is 4. The summed E-state index contributed by atoms with van der Waals surface area (Å²) < 4.78 is 5.18. The van der Waals surface area contributed by atoms with Gasteiger partial charge < -0.3 is 42.7 Å². The second-order valence-electron chi connectivity index (χ2n) is 6.78. The summed E-state index contributed by atoms with van der Waals surface area (Å²) in [5.74, 6) is 0. The van der Waals surface area contributed by atoms with E-state index in [1.165, 1.54) is 47.0 Å². The number of hydrogen-bond acceptors (Lipinski definition) is 10. The van der Waals surface area contributed by atoms with Crippen LogP contribution >= 0.6 is 0 Å². The molecular weight excluding hydrogens is 463 g/mol. The first-order chi connectivity index (χ1) is 14.9. The van der Waals surface area contributed by atoms with Gasteiger partial charge in [-0.2, -0.15) is 6.42 Å². The third kappa shape index (κ3) is 21.5. The minimum absolute atomic E-state index is 0. The molecule has 189 valence electrons. The number of rotatable bonds is 4. The van der Waals surface area contributed by atoms with Crippen LogP contribution in [0, 0.1) is 6.92 Å². The van der Waals surface area contributed by atoms with E-state index in [2.05, 4.69) is 37.8 Å². The van der Waals surface area contributed by atoms with E-state index in [0.29, 0.717) is 22.8 Å². The van der Waals surface area contributed by atoms with E-state index >= 15 is 0 Å². The number of hydrogen-bond donors (Lipinski definition) is 4. The normalized spacial score (nSPS) is 17.9. The van der Waals surface area contributed by atoms with Gasteiger partial charge in [0.05, 0.1) is 13.2 Å². The van der Waals surface area contributed by atoms with Gasteiger partial charge in [0.2, 0.25) is 0 Å². The minimum atomic E-state index is 0. The minimum Gasteiger partial charge on any atom is -0.662 e. The number of morpholine rings is 1. The molecule has 2 fully saturated rings. The fourth-order valence-electron chi connectivity index (χ4n) is 2.07. The maximum Gasteiger partial charge on any atom is 2.00 e. The molecule has 2 heterocycles. The Hall–Kier alpha value is -1.73. The van der Waals surface area contributed by atoms with Crippen molar-refractivity contribution in [3.8, 4) is 0 Å². The Kier molecular flexibility index (Phi) is 27.8. The molecule has 0 amide bonds. The molecule has 2 saturated heterocycles. The first-order valence-electron chi connectivity index (χ1n) is 10.4. The Morgan fingerprint density at radius 1 is 0.781 bits per heavy atom. The molecule has 0 aromatic heterocycles. The molecule has 0 aromatic rings. The van der Waals surface area contributed by atoms with Crippen molar-refractivity contribution in [3.63, 3.8) is 0 Å². The standard InChI is InChI=1S/C7H14NO.C5H10N.2C4H8N2O2.Co/c1-2-3-8-4-6-9-7-5-8;1-2-4-6-5-3-1;2*1-3(5-7)4(2)6-8;/h1-7H2;1-5H2;2*7-8H,1-2H3;/q2*-1;;;+2/b;;2*5-3+,6-4+;. The molecule has 0 bridgehead atoms. The van der Waals surface area contributed by atoms with Crippen LogP contribution in [0.4, 0.5) is 0 Å². The number of piperidine rings is 1. The molecule has 4 N–H and O–H groups in total. The van der Waals surface area contributed by atoms with Gasteiger partial charge in [-0.15, -0.1) is 13.1 Å². The van der Waals surface area contributed by atoms with E-state index in [-0.39, 0.29) is 16.8 Å². The van der Waals surface area contributed by atoms with Gasteiger partial charge in [0.15, 0.2) is 0 Å². The molecule has 12 heteroatoms. The van der Waals surface area contributed by atoms with Crippen molar-refractivity contribution in [2.75, 3.05) is 45.9 Å². The van der Waals surface area contributed by atoms with Crippen LogP contribution in [0.25, 0.3) is 5.32 Å². The Labute approximate surface area is 202 Å². The van der Waals surface area contributed by atoms with Gasteiger partial charge in [0, 0.05) is 13.1 Å². The Bertz CT molecular complexity index is 470. The van der Waals surface area contributed by atoms with E-state index in [4.69, 9.17) is 25.6 Å². The van der Waals surface area contributed by atoms with Crippen LogP contribution in [0.3, 0.4) is 0 Å². The molecule has 0 saturated carbocycles. The van der Waals surface area contributed by atoms with Crippen molar-refractivity contribution >= 4 is 22.8 Å².